The van der Waals surface area contributed by atoms with Gasteiger partial charge in [-0.3, -0.25) is 14.4 Å². The van der Waals surface area contributed by atoms with Crippen LogP contribution in [0.2, 0.25) is 0 Å². The van der Waals surface area contributed by atoms with Crippen LogP contribution >= 0.6 is 0 Å². The summed E-state index contributed by atoms with van der Waals surface area (Å²) in [5, 5.41) is 48.5. The highest BCUT2D eigenvalue weighted by molar-refractivity contribution is 6.22. The topological polar surface area (TPSA) is 177 Å². The number of nitrogens with two attached hydrogens (primary N) is 1. The first-order chi connectivity index (χ1) is 18.4. The lowest BCUT2D eigenvalue weighted by molar-refractivity contribution is -0.147. The van der Waals surface area contributed by atoms with E-state index in [0.29, 0.717) is 17.7 Å². The smallest absolute Gasteiger partial charge is 0.255 e. The van der Waals surface area contributed by atoms with Crippen LogP contribution in [0.1, 0.15) is 42.4 Å². The van der Waals surface area contributed by atoms with Crippen molar-refractivity contribution in [2.75, 3.05) is 39.1 Å². The molecule has 39 heavy (non-hydrogen) atoms. The number of rotatable bonds is 5. The van der Waals surface area contributed by atoms with Crippen molar-refractivity contribution in [2.45, 2.75) is 50.3 Å². The number of carbonyl (C=O) groups is 3. The van der Waals surface area contributed by atoms with Gasteiger partial charge >= 0.3 is 0 Å². The Balaban J connectivity index is 1.58. The standard InChI is InChI=1S/C28H36N4O7/c1-31(2)18-10-14(12-30-16-4-6-32(3)7-5-16)23(34)21-17(18)9-13-8-15-11-19(33)22(27(29)38)26(37)28(15,39)25(36)20(13)24(21)35/h10,13,15-16,30,34-35,37,39H,4-9,11-12H2,1-3H3,(H2,29,38). The third-order valence-electron chi connectivity index (χ3n) is 8.90. The lowest BCUT2D eigenvalue weighted by atomic mass is 9.59. The van der Waals surface area contributed by atoms with Gasteiger partial charge < -0.3 is 41.3 Å². The molecule has 3 atom stereocenters. The van der Waals surface area contributed by atoms with Gasteiger partial charge in [0.15, 0.2) is 11.4 Å². The lowest BCUT2D eigenvalue weighted by Gasteiger charge is -2.46. The van der Waals surface area contributed by atoms with Gasteiger partial charge in [0.05, 0.1) is 5.56 Å². The first-order valence-corrected chi connectivity index (χ1v) is 13.3. The second-order valence-corrected chi connectivity index (χ2v) is 11.5. The number of anilines is 1. The minimum absolute atomic E-state index is 0.107. The highest BCUT2D eigenvalue weighted by Gasteiger charge is 2.60. The lowest BCUT2D eigenvalue weighted by Crippen LogP contribution is -2.58. The third kappa shape index (κ3) is 4.19. The van der Waals surface area contributed by atoms with Gasteiger partial charge in [0.1, 0.15) is 22.8 Å². The number of likely N-dealkylation sites (tertiary alicyclic amines) is 1. The number of fused-ring (bicyclic) bond motifs is 3. The molecule has 11 heteroatoms. The molecule has 1 aromatic rings. The van der Waals surface area contributed by atoms with Crippen LogP contribution in [0.25, 0.3) is 5.76 Å². The maximum atomic E-state index is 13.8. The van der Waals surface area contributed by atoms with E-state index in [1.807, 2.05) is 25.1 Å². The van der Waals surface area contributed by atoms with Crippen LogP contribution in [0.3, 0.4) is 0 Å². The summed E-state index contributed by atoms with van der Waals surface area (Å²) >= 11 is 0. The number of phenols is 1. The molecular weight excluding hydrogens is 504 g/mol. The number of hydrogen-bond acceptors (Lipinski definition) is 10. The third-order valence-corrected chi connectivity index (χ3v) is 8.90. The van der Waals surface area contributed by atoms with E-state index in [-0.39, 0.29) is 42.2 Å². The number of nitrogens with zero attached hydrogens (tertiary/aromatic N) is 2. The number of aliphatic hydroxyl groups is 3. The predicted octanol–water partition coefficient (Wildman–Crippen LogP) is 0.674. The number of primary amides is 1. The van der Waals surface area contributed by atoms with Gasteiger partial charge in [-0.05, 0) is 63.4 Å². The molecule has 1 heterocycles. The molecule has 7 N–H and O–H groups in total. The SMILES string of the molecule is CN1CCC(NCc2cc(N(C)C)c3c(c2O)C(O)=C2C(=O)C4(O)C(O)=C(C(N)=O)C(=O)CC4CC2C3)CC1. The number of aromatic hydroxyl groups is 1. The molecule has 3 aliphatic carbocycles. The Morgan fingerprint density at radius 2 is 1.85 bits per heavy atom. The van der Waals surface area contributed by atoms with Crippen molar-refractivity contribution in [3.8, 4) is 5.75 Å². The van der Waals surface area contributed by atoms with E-state index in [4.69, 9.17) is 5.73 Å². The summed E-state index contributed by atoms with van der Waals surface area (Å²) in [6, 6.07) is 2.16. The molecule has 1 aromatic carbocycles. The Morgan fingerprint density at radius 1 is 1.18 bits per heavy atom. The molecule has 1 saturated carbocycles. The van der Waals surface area contributed by atoms with Crippen LogP contribution in [0, 0.1) is 11.8 Å². The fourth-order valence-corrected chi connectivity index (χ4v) is 6.72. The first-order valence-electron chi connectivity index (χ1n) is 13.3. The van der Waals surface area contributed by atoms with Crippen molar-refractivity contribution in [1.29, 1.82) is 0 Å². The minimum Gasteiger partial charge on any atom is -0.508 e. The number of aliphatic hydroxyl groups excluding tert-OH is 2. The number of amides is 1. The maximum absolute atomic E-state index is 13.8. The Hall–Kier alpha value is -3.41. The van der Waals surface area contributed by atoms with Crippen LogP contribution < -0.4 is 16.0 Å². The fourth-order valence-electron chi connectivity index (χ4n) is 6.72. The molecule has 2 fully saturated rings. The second kappa shape index (κ2) is 9.65. The van der Waals surface area contributed by atoms with E-state index >= 15 is 0 Å². The quantitative estimate of drug-likeness (QED) is 0.291. The largest absolute Gasteiger partial charge is 0.508 e. The average Bonchev–Trinajstić information content (AvgIpc) is 2.86. The Morgan fingerprint density at radius 3 is 2.46 bits per heavy atom. The minimum atomic E-state index is -2.57. The number of phenolic OH excluding ortho intramolecular Hbond substituents is 1. The molecular formula is C28H36N4O7. The van der Waals surface area contributed by atoms with Crippen molar-refractivity contribution in [2.24, 2.45) is 17.6 Å². The van der Waals surface area contributed by atoms with E-state index in [2.05, 4.69) is 17.3 Å². The molecule has 1 amide bonds. The summed E-state index contributed by atoms with van der Waals surface area (Å²) in [6.07, 6.45) is 1.99. The Bertz CT molecular complexity index is 1330. The average molecular weight is 541 g/mol. The van der Waals surface area contributed by atoms with Crippen molar-refractivity contribution < 1.29 is 34.8 Å². The summed E-state index contributed by atoms with van der Waals surface area (Å²) in [4.78, 5) is 42.3. The van der Waals surface area contributed by atoms with Crippen molar-refractivity contribution in [3.63, 3.8) is 0 Å². The van der Waals surface area contributed by atoms with E-state index in [1.165, 1.54) is 0 Å². The monoisotopic (exact) mass is 540 g/mol. The summed E-state index contributed by atoms with van der Waals surface area (Å²) in [5.74, 6) is -6.20. The summed E-state index contributed by atoms with van der Waals surface area (Å²) < 4.78 is 0. The van der Waals surface area contributed by atoms with Gasteiger partial charge in [0.25, 0.3) is 5.91 Å². The van der Waals surface area contributed by atoms with Crippen LogP contribution in [0.4, 0.5) is 5.69 Å². The normalized spacial score (nSPS) is 27.8. The second-order valence-electron chi connectivity index (χ2n) is 11.5. The molecule has 0 bridgehead atoms. The van der Waals surface area contributed by atoms with Crippen molar-refractivity contribution in [1.82, 2.24) is 10.2 Å². The first kappa shape index (κ1) is 27.2. The zero-order valence-corrected chi connectivity index (χ0v) is 22.5. The van der Waals surface area contributed by atoms with Crippen molar-refractivity contribution >= 4 is 28.9 Å². The molecule has 5 rings (SSSR count). The van der Waals surface area contributed by atoms with E-state index < -0.39 is 52.0 Å². The van der Waals surface area contributed by atoms with E-state index in [0.717, 1.165) is 31.6 Å². The molecule has 3 unspecified atom stereocenters. The van der Waals surface area contributed by atoms with Gasteiger partial charge in [-0.25, -0.2) is 0 Å². The Kier molecular flexibility index (Phi) is 6.72. The Labute approximate surface area is 226 Å². The number of ketones is 2. The molecule has 1 saturated heterocycles. The zero-order valence-electron chi connectivity index (χ0n) is 22.5. The maximum Gasteiger partial charge on any atom is 0.255 e. The number of nitrogens with one attached hydrogen (secondary N) is 1. The van der Waals surface area contributed by atoms with E-state index in [9.17, 15) is 34.8 Å². The molecule has 11 nitrogen and oxygen atoms in total. The molecule has 0 aromatic heterocycles. The number of hydrogen-bond donors (Lipinski definition) is 6. The molecule has 210 valence electrons. The van der Waals surface area contributed by atoms with Gasteiger partial charge in [-0.15, -0.1) is 0 Å². The van der Waals surface area contributed by atoms with Crippen LogP contribution in [0.5, 0.6) is 5.75 Å². The fraction of sp³-hybridized carbons (Fsp3) is 0.536. The van der Waals surface area contributed by atoms with Crippen molar-refractivity contribution in [3.05, 3.63) is 39.7 Å². The van der Waals surface area contributed by atoms with Gasteiger partial charge in [-0.1, -0.05) is 0 Å². The van der Waals surface area contributed by atoms with Gasteiger partial charge in [0.2, 0.25) is 5.78 Å². The molecule has 1 aliphatic heterocycles. The number of benzene rings is 1. The summed E-state index contributed by atoms with van der Waals surface area (Å²) in [5.41, 5.74) is 3.88. The number of carbonyl (C=O) groups excluding carboxylic acids is 3. The number of piperidine rings is 1. The highest BCUT2D eigenvalue weighted by atomic mass is 16.3. The highest BCUT2D eigenvalue weighted by Crippen LogP contribution is 2.53. The predicted molar refractivity (Wildman–Crippen MR) is 143 cm³/mol. The summed E-state index contributed by atoms with van der Waals surface area (Å²) in [7, 11) is 5.80. The van der Waals surface area contributed by atoms with Gasteiger partial charge in [0, 0.05) is 55.8 Å². The molecule has 0 radical (unpaired) electrons. The van der Waals surface area contributed by atoms with Crippen LogP contribution in [0.15, 0.2) is 23.0 Å². The van der Waals surface area contributed by atoms with Crippen LogP contribution in [-0.4, -0.2) is 88.7 Å². The summed E-state index contributed by atoms with van der Waals surface area (Å²) in [6.45, 7) is 2.30. The zero-order chi connectivity index (χ0) is 28.4. The molecule has 4 aliphatic rings. The number of Topliss-reactive ketones (excluding diaryl/α,β-unsaturated/α-hetero) is 2. The molecule has 0 spiro atoms. The van der Waals surface area contributed by atoms with Crippen LogP contribution in [-0.2, 0) is 27.3 Å². The van der Waals surface area contributed by atoms with E-state index in [1.54, 1.807) is 0 Å². The van der Waals surface area contributed by atoms with Gasteiger partial charge in [-0.2, -0.15) is 0 Å².